The van der Waals surface area contributed by atoms with E-state index < -0.39 is 0 Å². The number of hydrogen-bond donors (Lipinski definition) is 1. The molecular formula is C25H30N2. The van der Waals surface area contributed by atoms with Gasteiger partial charge < -0.3 is 4.98 Å². The third-order valence-electron chi connectivity index (χ3n) is 6.45. The lowest BCUT2D eigenvalue weighted by molar-refractivity contribution is 0.0861. The number of aromatic amines is 1. The van der Waals surface area contributed by atoms with Crippen LogP contribution >= 0.6 is 0 Å². The summed E-state index contributed by atoms with van der Waals surface area (Å²) in [6.07, 6.45) is 13.0. The minimum atomic E-state index is 0.197. The minimum absolute atomic E-state index is 0.197. The average molecular weight is 359 g/mol. The van der Waals surface area contributed by atoms with E-state index in [0.717, 1.165) is 6.42 Å². The maximum Gasteiger partial charge on any atom is 0.0456 e. The number of para-hydroxylation sites is 1. The Balaban J connectivity index is 1.41. The number of H-pyrrole nitrogens is 1. The van der Waals surface area contributed by atoms with Crippen molar-refractivity contribution in [3.63, 3.8) is 0 Å². The molecule has 4 rings (SSSR count). The van der Waals surface area contributed by atoms with E-state index in [1.807, 2.05) is 0 Å². The van der Waals surface area contributed by atoms with E-state index >= 15 is 0 Å². The average Bonchev–Trinajstić information content (AvgIpc) is 3.12. The predicted molar refractivity (Wildman–Crippen MR) is 115 cm³/mol. The van der Waals surface area contributed by atoms with Crippen LogP contribution in [0.5, 0.6) is 0 Å². The van der Waals surface area contributed by atoms with Crippen molar-refractivity contribution in [2.24, 2.45) is 5.92 Å². The number of allylic oxidation sites excluding steroid dienone is 2. The molecule has 1 aliphatic rings. The second-order valence-electron chi connectivity index (χ2n) is 8.12. The molecular weight excluding hydrogens is 328 g/mol. The highest BCUT2D eigenvalue weighted by atomic mass is 15.1. The molecule has 1 aliphatic carbocycles. The van der Waals surface area contributed by atoms with Crippen molar-refractivity contribution in [2.75, 3.05) is 14.1 Å². The Morgan fingerprint density at radius 3 is 2.44 bits per heavy atom. The van der Waals surface area contributed by atoms with Crippen LogP contribution in [0.25, 0.3) is 10.9 Å². The number of rotatable bonds is 5. The van der Waals surface area contributed by atoms with Gasteiger partial charge in [-0.3, -0.25) is 4.90 Å². The summed E-state index contributed by atoms with van der Waals surface area (Å²) in [7, 11) is 4.47. The van der Waals surface area contributed by atoms with Gasteiger partial charge in [0.15, 0.2) is 0 Å². The fourth-order valence-electron chi connectivity index (χ4n) is 4.74. The van der Waals surface area contributed by atoms with E-state index in [9.17, 15) is 0 Å². The van der Waals surface area contributed by atoms with E-state index in [-0.39, 0.29) is 5.54 Å². The molecule has 0 saturated heterocycles. The summed E-state index contributed by atoms with van der Waals surface area (Å²) in [5.74, 6) is 0.701. The first kappa shape index (κ1) is 18.1. The lowest BCUT2D eigenvalue weighted by Crippen LogP contribution is -2.44. The summed E-state index contributed by atoms with van der Waals surface area (Å²) in [5.41, 5.74) is 4.29. The largest absolute Gasteiger partial charge is 0.361 e. The Kier molecular flexibility index (Phi) is 5.18. The molecule has 3 aromatic rings. The fraction of sp³-hybridized carbons (Fsp3) is 0.360. The molecule has 0 aliphatic heterocycles. The van der Waals surface area contributed by atoms with Crippen molar-refractivity contribution in [3.8, 4) is 0 Å². The first-order valence-electron chi connectivity index (χ1n) is 10.1. The first-order valence-corrected chi connectivity index (χ1v) is 10.1. The quantitative estimate of drug-likeness (QED) is 0.561. The Morgan fingerprint density at radius 2 is 1.70 bits per heavy atom. The highest BCUT2D eigenvalue weighted by molar-refractivity contribution is 5.83. The molecule has 2 nitrogen and oxygen atoms in total. The van der Waals surface area contributed by atoms with Gasteiger partial charge in [0.05, 0.1) is 0 Å². The van der Waals surface area contributed by atoms with Gasteiger partial charge in [0.2, 0.25) is 0 Å². The van der Waals surface area contributed by atoms with Gasteiger partial charge in [-0.1, -0.05) is 60.7 Å². The molecule has 2 aromatic carbocycles. The number of benzene rings is 2. The standard InChI is InChI=1S/C25H30N2/c1-27(2)25(22-11-4-3-5-12-22)17-15-20(16-18-25)9-8-10-21-19-26-24-14-7-6-13-23(21)24/h3-9,11-14,19-20,26H,10,15-18H2,1-2H3/b9-8+. The minimum Gasteiger partial charge on any atom is -0.361 e. The summed E-state index contributed by atoms with van der Waals surface area (Å²) >= 11 is 0. The van der Waals surface area contributed by atoms with Gasteiger partial charge in [-0.2, -0.15) is 0 Å². The smallest absolute Gasteiger partial charge is 0.0456 e. The Labute approximate surface area is 162 Å². The van der Waals surface area contributed by atoms with Crippen LogP contribution in [-0.2, 0) is 12.0 Å². The summed E-state index contributed by atoms with van der Waals surface area (Å²) in [6.45, 7) is 0. The third-order valence-corrected chi connectivity index (χ3v) is 6.45. The monoisotopic (exact) mass is 358 g/mol. The van der Waals surface area contributed by atoms with Gasteiger partial charge in [0, 0.05) is 22.6 Å². The van der Waals surface area contributed by atoms with Gasteiger partial charge >= 0.3 is 0 Å². The molecule has 1 saturated carbocycles. The summed E-state index contributed by atoms with van der Waals surface area (Å²) < 4.78 is 0. The van der Waals surface area contributed by atoms with Crippen LogP contribution in [0, 0.1) is 5.92 Å². The molecule has 1 N–H and O–H groups in total. The van der Waals surface area contributed by atoms with Crippen LogP contribution in [0.1, 0.15) is 36.8 Å². The van der Waals surface area contributed by atoms with E-state index in [1.165, 1.54) is 47.7 Å². The maximum absolute atomic E-state index is 3.38. The Bertz CT molecular complexity index is 896. The molecule has 27 heavy (non-hydrogen) atoms. The van der Waals surface area contributed by atoms with E-state index in [4.69, 9.17) is 0 Å². The van der Waals surface area contributed by atoms with Crippen LogP contribution in [0.3, 0.4) is 0 Å². The van der Waals surface area contributed by atoms with Gasteiger partial charge in [-0.25, -0.2) is 0 Å². The number of aromatic nitrogens is 1. The fourth-order valence-corrected chi connectivity index (χ4v) is 4.74. The second-order valence-corrected chi connectivity index (χ2v) is 8.12. The van der Waals surface area contributed by atoms with Gasteiger partial charge in [-0.15, -0.1) is 0 Å². The van der Waals surface area contributed by atoms with Crippen molar-refractivity contribution < 1.29 is 0 Å². The van der Waals surface area contributed by atoms with Crippen LogP contribution in [-0.4, -0.2) is 24.0 Å². The Morgan fingerprint density at radius 1 is 1.00 bits per heavy atom. The number of hydrogen-bond acceptors (Lipinski definition) is 1. The third kappa shape index (κ3) is 3.59. The van der Waals surface area contributed by atoms with Gasteiger partial charge in [0.25, 0.3) is 0 Å². The van der Waals surface area contributed by atoms with E-state index in [0.29, 0.717) is 5.92 Å². The van der Waals surface area contributed by atoms with Crippen molar-refractivity contribution in [3.05, 3.63) is 84.1 Å². The van der Waals surface area contributed by atoms with Gasteiger partial charge in [-0.05, 0) is 69.3 Å². The van der Waals surface area contributed by atoms with Crippen molar-refractivity contribution in [2.45, 2.75) is 37.6 Å². The molecule has 2 heteroatoms. The molecule has 0 amide bonds. The molecule has 0 unspecified atom stereocenters. The molecule has 0 bridgehead atoms. The molecule has 0 atom stereocenters. The summed E-state index contributed by atoms with van der Waals surface area (Å²) in [4.78, 5) is 5.82. The zero-order valence-corrected chi connectivity index (χ0v) is 16.5. The molecule has 0 spiro atoms. The maximum atomic E-state index is 3.38. The van der Waals surface area contributed by atoms with E-state index in [1.54, 1.807) is 0 Å². The van der Waals surface area contributed by atoms with E-state index in [2.05, 4.69) is 96.9 Å². The Hall–Kier alpha value is -2.32. The lowest BCUT2D eigenvalue weighted by atomic mass is 9.72. The molecule has 1 heterocycles. The van der Waals surface area contributed by atoms with Crippen LogP contribution in [0.2, 0.25) is 0 Å². The van der Waals surface area contributed by atoms with Crippen LogP contribution < -0.4 is 0 Å². The number of nitrogens with one attached hydrogen (secondary N) is 1. The van der Waals surface area contributed by atoms with Crippen LogP contribution in [0.15, 0.2) is 72.9 Å². The number of nitrogens with zero attached hydrogens (tertiary/aromatic N) is 1. The number of fused-ring (bicyclic) bond motifs is 1. The summed E-state index contributed by atoms with van der Waals surface area (Å²) in [6, 6.07) is 19.6. The lowest BCUT2D eigenvalue weighted by Gasteiger charge is -2.45. The zero-order valence-electron chi connectivity index (χ0n) is 16.5. The zero-order chi connectivity index (χ0) is 18.7. The SMILES string of the molecule is CN(C)C1(c2ccccc2)CCC(/C=C/Cc2c[nH]c3ccccc23)CC1. The highest BCUT2D eigenvalue weighted by Crippen LogP contribution is 2.43. The molecule has 1 fully saturated rings. The van der Waals surface area contributed by atoms with Crippen molar-refractivity contribution in [1.29, 1.82) is 0 Å². The molecule has 1 aromatic heterocycles. The first-order chi connectivity index (χ1) is 13.2. The highest BCUT2D eigenvalue weighted by Gasteiger charge is 2.37. The van der Waals surface area contributed by atoms with Crippen LogP contribution in [0.4, 0.5) is 0 Å². The molecule has 140 valence electrons. The molecule has 0 radical (unpaired) electrons. The summed E-state index contributed by atoms with van der Waals surface area (Å²) in [5, 5.41) is 1.35. The predicted octanol–water partition coefficient (Wildman–Crippen LogP) is 5.91. The topological polar surface area (TPSA) is 19.0 Å². The normalized spacial score (nSPS) is 23.4. The van der Waals surface area contributed by atoms with Crippen molar-refractivity contribution >= 4 is 10.9 Å². The second kappa shape index (κ2) is 7.74. The van der Waals surface area contributed by atoms with Crippen molar-refractivity contribution in [1.82, 2.24) is 9.88 Å². The van der Waals surface area contributed by atoms with Gasteiger partial charge in [0.1, 0.15) is 0 Å².